The van der Waals surface area contributed by atoms with Crippen LogP contribution in [0, 0.1) is 15.9 Å². The molecule has 1 aromatic rings. The number of unbranched alkanes of at least 4 members (excludes halogenated alkanes) is 1. The summed E-state index contributed by atoms with van der Waals surface area (Å²) in [6, 6.07) is 1.57. The fourth-order valence-electron chi connectivity index (χ4n) is 1.42. The summed E-state index contributed by atoms with van der Waals surface area (Å²) in [6.45, 7) is 2.43. The molecule has 0 fully saturated rings. The topological polar surface area (TPSA) is 92.5 Å². The summed E-state index contributed by atoms with van der Waals surface area (Å²) in [5.41, 5.74) is -1.31. The summed E-state index contributed by atoms with van der Waals surface area (Å²) in [5.74, 6) is -2.29. The van der Waals surface area contributed by atoms with Gasteiger partial charge in [-0.25, -0.2) is 9.18 Å². The summed E-state index contributed by atoms with van der Waals surface area (Å²) in [7, 11) is 0. The second-order valence-electron chi connectivity index (χ2n) is 3.69. The molecule has 2 N–H and O–H groups in total. The third-order valence-electron chi connectivity index (χ3n) is 2.36. The van der Waals surface area contributed by atoms with Crippen LogP contribution in [0.4, 0.5) is 15.8 Å². The molecule has 0 aliphatic carbocycles. The third kappa shape index (κ3) is 3.16. The first-order valence-electron chi connectivity index (χ1n) is 5.42. The number of carbonyl (C=O) groups is 1. The highest BCUT2D eigenvalue weighted by atomic mass is 19.1. The van der Waals surface area contributed by atoms with Gasteiger partial charge in [0, 0.05) is 6.54 Å². The van der Waals surface area contributed by atoms with Crippen LogP contribution in [0.2, 0.25) is 0 Å². The summed E-state index contributed by atoms with van der Waals surface area (Å²) in [6.07, 6.45) is 1.69. The minimum absolute atomic E-state index is 0.0357. The van der Waals surface area contributed by atoms with Gasteiger partial charge in [0.15, 0.2) is 5.82 Å². The second kappa shape index (κ2) is 5.95. The number of benzene rings is 1. The van der Waals surface area contributed by atoms with Crippen molar-refractivity contribution >= 4 is 17.3 Å². The summed E-state index contributed by atoms with van der Waals surface area (Å²) >= 11 is 0. The van der Waals surface area contributed by atoms with Gasteiger partial charge < -0.3 is 10.4 Å². The summed E-state index contributed by atoms with van der Waals surface area (Å²) < 4.78 is 13.5. The Morgan fingerprint density at radius 3 is 2.72 bits per heavy atom. The Hall–Kier alpha value is -2.18. The normalized spacial score (nSPS) is 10.1. The van der Waals surface area contributed by atoms with Crippen LogP contribution >= 0.6 is 0 Å². The third-order valence-corrected chi connectivity index (χ3v) is 2.36. The number of rotatable bonds is 6. The molecule has 0 aliphatic heterocycles. The zero-order valence-electron chi connectivity index (χ0n) is 9.77. The molecular formula is C11H13FN2O4. The average Bonchev–Trinajstić information content (AvgIpc) is 2.30. The molecule has 1 rings (SSSR count). The fourth-order valence-corrected chi connectivity index (χ4v) is 1.42. The van der Waals surface area contributed by atoms with Crippen LogP contribution in [0.3, 0.4) is 0 Å². The lowest BCUT2D eigenvalue weighted by atomic mass is 10.1. The molecular weight excluding hydrogens is 243 g/mol. The van der Waals surface area contributed by atoms with Gasteiger partial charge in [-0.05, 0) is 12.5 Å². The molecule has 0 radical (unpaired) electrons. The Balaban J connectivity index is 3.11. The fraction of sp³-hybridized carbons (Fsp3) is 0.364. The lowest BCUT2D eigenvalue weighted by Crippen LogP contribution is -2.08. The minimum atomic E-state index is -1.46. The van der Waals surface area contributed by atoms with E-state index in [9.17, 15) is 19.3 Å². The van der Waals surface area contributed by atoms with E-state index < -0.39 is 28.0 Å². The number of carboxylic acids is 1. The maximum atomic E-state index is 13.5. The molecule has 1 aromatic carbocycles. The molecule has 98 valence electrons. The van der Waals surface area contributed by atoms with Gasteiger partial charge in [0.25, 0.3) is 5.69 Å². The Morgan fingerprint density at radius 2 is 2.22 bits per heavy atom. The molecule has 0 bridgehead atoms. The zero-order valence-corrected chi connectivity index (χ0v) is 9.77. The number of hydrogen-bond donors (Lipinski definition) is 2. The minimum Gasteiger partial charge on any atom is -0.477 e. The molecule has 7 heteroatoms. The van der Waals surface area contributed by atoms with Gasteiger partial charge in [-0.1, -0.05) is 13.3 Å². The Morgan fingerprint density at radius 1 is 1.56 bits per heavy atom. The van der Waals surface area contributed by atoms with Gasteiger partial charge in [0.05, 0.1) is 16.7 Å². The van der Waals surface area contributed by atoms with Gasteiger partial charge in [0.1, 0.15) is 5.56 Å². The number of carboxylic acid groups (broad SMARTS) is 1. The van der Waals surface area contributed by atoms with E-state index in [1.165, 1.54) is 0 Å². The largest absolute Gasteiger partial charge is 0.477 e. The van der Waals surface area contributed by atoms with Gasteiger partial charge >= 0.3 is 5.97 Å². The van der Waals surface area contributed by atoms with Crippen molar-refractivity contribution in [1.29, 1.82) is 0 Å². The standard InChI is InChI=1S/C11H13FN2O4/c1-2-3-4-13-9-5-7(11(15)16)10(14(17)18)6-8(9)12/h5-6,13H,2-4H2,1H3,(H,15,16). The monoisotopic (exact) mass is 256 g/mol. The predicted octanol–water partition coefficient (Wildman–Crippen LogP) is 2.64. The van der Waals surface area contributed by atoms with Crippen molar-refractivity contribution in [3.8, 4) is 0 Å². The van der Waals surface area contributed by atoms with Crippen molar-refractivity contribution in [3.63, 3.8) is 0 Å². The molecule has 6 nitrogen and oxygen atoms in total. The zero-order chi connectivity index (χ0) is 13.7. The number of nitrogens with one attached hydrogen (secondary N) is 1. The van der Waals surface area contributed by atoms with E-state index in [1.807, 2.05) is 6.92 Å². The number of aromatic carboxylic acids is 1. The predicted molar refractivity (Wildman–Crippen MR) is 63.4 cm³/mol. The Kier molecular flexibility index (Phi) is 4.59. The number of nitro groups is 1. The lowest BCUT2D eigenvalue weighted by Gasteiger charge is -2.08. The van der Waals surface area contributed by atoms with Crippen molar-refractivity contribution in [2.75, 3.05) is 11.9 Å². The van der Waals surface area contributed by atoms with Gasteiger partial charge in [-0.3, -0.25) is 10.1 Å². The number of hydrogen-bond acceptors (Lipinski definition) is 4. The molecule has 0 unspecified atom stereocenters. The lowest BCUT2D eigenvalue weighted by molar-refractivity contribution is -0.385. The number of nitrogens with zero attached hydrogens (tertiary/aromatic N) is 1. The summed E-state index contributed by atoms with van der Waals surface area (Å²) in [5, 5.41) is 22.2. The maximum Gasteiger partial charge on any atom is 0.342 e. The molecule has 0 aliphatic rings. The van der Waals surface area contributed by atoms with Crippen LogP contribution in [-0.2, 0) is 0 Å². The van der Waals surface area contributed by atoms with E-state index in [0.29, 0.717) is 12.6 Å². The average molecular weight is 256 g/mol. The number of anilines is 1. The quantitative estimate of drug-likeness (QED) is 0.463. The maximum absolute atomic E-state index is 13.5. The van der Waals surface area contributed by atoms with Crippen molar-refractivity contribution in [2.24, 2.45) is 0 Å². The smallest absolute Gasteiger partial charge is 0.342 e. The Bertz CT molecular complexity index is 476. The molecule has 0 atom stereocenters. The van der Waals surface area contributed by atoms with E-state index >= 15 is 0 Å². The van der Waals surface area contributed by atoms with Gasteiger partial charge in [0.2, 0.25) is 0 Å². The van der Waals surface area contributed by atoms with Crippen molar-refractivity contribution in [1.82, 2.24) is 0 Å². The van der Waals surface area contributed by atoms with Crippen molar-refractivity contribution in [3.05, 3.63) is 33.6 Å². The SMILES string of the molecule is CCCCNc1cc(C(=O)O)c([N+](=O)[O-])cc1F. The van der Waals surface area contributed by atoms with Crippen LogP contribution in [-0.4, -0.2) is 22.5 Å². The van der Waals surface area contributed by atoms with Crippen molar-refractivity contribution in [2.45, 2.75) is 19.8 Å². The number of halogens is 1. The first-order valence-corrected chi connectivity index (χ1v) is 5.42. The van der Waals surface area contributed by atoms with Crippen LogP contribution < -0.4 is 5.32 Å². The van der Waals surface area contributed by atoms with E-state index in [2.05, 4.69) is 5.32 Å². The van der Waals surface area contributed by atoms with Crippen LogP contribution in [0.1, 0.15) is 30.1 Å². The van der Waals surface area contributed by atoms with Gasteiger partial charge in [-0.2, -0.15) is 0 Å². The molecule has 0 heterocycles. The molecule has 0 amide bonds. The summed E-state index contributed by atoms with van der Waals surface area (Å²) in [4.78, 5) is 20.6. The van der Waals surface area contributed by atoms with Crippen molar-refractivity contribution < 1.29 is 19.2 Å². The molecule has 0 spiro atoms. The molecule has 18 heavy (non-hydrogen) atoms. The first-order chi connectivity index (χ1) is 8.47. The van der Waals surface area contributed by atoms with Gasteiger partial charge in [-0.15, -0.1) is 0 Å². The van der Waals surface area contributed by atoms with Crippen LogP contribution in [0.15, 0.2) is 12.1 Å². The first kappa shape index (κ1) is 13.9. The van der Waals surface area contributed by atoms with E-state index in [1.54, 1.807) is 0 Å². The highest BCUT2D eigenvalue weighted by Crippen LogP contribution is 2.26. The molecule has 0 saturated carbocycles. The van der Waals surface area contributed by atoms with Crippen LogP contribution in [0.5, 0.6) is 0 Å². The molecule has 0 aromatic heterocycles. The second-order valence-corrected chi connectivity index (χ2v) is 3.69. The number of nitro benzene ring substituents is 1. The van der Waals surface area contributed by atoms with Crippen LogP contribution in [0.25, 0.3) is 0 Å². The highest BCUT2D eigenvalue weighted by molar-refractivity contribution is 5.93. The highest BCUT2D eigenvalue weighted by Gasteiger charge is 2.23. The van der Waals surface area contributed by atoms with E-state index in [4.69, 9.17) is 5.11 Å². The Labute approximate surface area is 103 Å². The van der Waals surface area contributed by atoms with E-state index in [0.717, 1.165) is 18.9 Å². The van der Waals surface area contributed by atoms with E-state index in [-0.39, 0.29) is 5.69 Å². The molecule has 0 saturated heterocycles.